The first-order valence-corrected chi connectivity index (χ1v) is 11.6. The lowest BCUT2D eigenvalue weighted by molar-refractivity contribution is -0.139. The molecular weight excluding hydrogens is 436 g/mol. The van der Waals surface area contributed by atoms with E-state index in [2.05, 4.69) is 15.5 Å². The third kappa shape index (κ3) is 6.68. The Kier molecular flexibility index (Phi) is 7.92. The molecule has 33 heavy (non-hydrogen) atoms. The molecule has 2 amide bonds. The van der Waals surface area contributed by atoms with Crippen LogP contribution in [0.15, 0.2) is 48.5 Å². The molecule has 0 radical (unpaired) electrons. The van der Waals surface area contributed by atoms with Gasteiger partial charge in [-0.25, -0.2) is 0 Å². The number of thiocarbonyl (C=S) groups is 1. The van der Waals surface area contributed by atoms with Gasteiger partial charge in [-0.05, 0) is 61.6 Å². The van der Waals surface area contributed by atoms with Gasteiger partial charge in [0.25, 0.3) is 5.91 Å². The standard InChI is InChI=1S/C25H32N4O3S/c1-5-32-21-8-6-7-18(17-21)22(30)27-24(33)26-19-9-11-20(12-10-19)28-13-15-29(16-14-28)23(31)25(2,3)4/h6-12,17H,5,13-16H2,1-4H3,(H2,26,27,30,33). The number of nitrogens with one attached hydrogen (secondary N) is 2. The molecule has 8 heteroatoms. The molecule has 1 aliphatic heterocycles. The van der Waals surface area contributed by atoms with Crippen LogP contribution in [0, 0.1) is 5.41 Å². The molecule has 1 saturated heterocycles. The van der Waals surface area contributed by atoms with Gasteiger partial charge in [0.1, 0.15) is 5.75 Å². The van der Waals surface area contributed by atoms with Crippen LogP contribution in [0.25, 0.3) is 0 Å². The summed E-state index contributed by atoms with van der Waals surface area (Å²) in [6, 6.07) is 14.9. The number of benzene rings is 2. The topological polar surface area (TPSA) is 73.9 Å². The van der Waals surface area contributed by atoms with Crippen molar-refractivity contribution in [3.8, 4) is 5.75 Å². The highest BCUT2D eigenvalue weighted by atomic mass is 32.1. The quantitative estimate of drug-likeness (QED) is 0.649. The molecule has 0 spiro atoms. The molecule has 176 valence electrons. The fraction of sp³-hybridized carbons (Fsp3) is 0.400. The number of amides is 2. The number of rotatable bonds is 5. The highest BCUT2D eigenvalue weighted by molar-refractivity contribution is 7.80. The monoisotopic (exact) mass is 468 g/mol. The lowest BCUT2D eigenvalue weighted by Crippen LogP contribution is -2.51. The van der Waals surface area contributed by atoms with Crippen molar-refractivity contribution in [1.29, 1.82) is 0 Å². The van der Waals surface area contributed by atoms with Crippen LogP contribution in [0.2, 0.25) is 0 Å². The lowest BCUT2D eigenvalue weighted by Gasteiger charge is -2.38. The Balaban J connectivity index is 1.51. The van der Waals surface area contributed by atoms with E-state index in [1.54, 1.807) is 24.3 Å². The zero-order chi connectivity index (χ0) is 24.0. The lowest BCUT2D eigenvalue weighted by atomic mass is 9.94. The number of nitrogens with zero attached hydrogens (tertiary/aromatic N) is 2. The molecule has 0 unspecified atom stereocenters. The minimum absolute atomic E-state index is 0.196. The Hall–Kier alpha value is -3.13. The predicted octanol–water partition coefficient (Wildman–Crippen LogP) is 3.91. The number of hydrogen-bond acceptors (Lipinski definition) is 5. The maximum Gasteiger partial charge on any atom is 0.257 e. The molecule has 7 nitrogen and oxygen atoms in total. The molecule has 0 bridgehead atoms. The SMILES string of the molecule is CCOc1cccc(C(=O)NC(=S)Nc2ccc(N3CCN(C(=O)C(C)(C)C)CC3)cc2)c1. The van der Waals surface area contributed by atoms with E-state index in [9.17, 15) is 9.59 Å². The van der Waals surface area contributed by atoms with E-state index in [1.165, 1.54) is 0 Å². The first-order chi connectivity index (χ1) is 15.7. The summed E-state index contributed by atoms with van der Waals surface area (Å²) in [4.78, 5) is 29.2. The maximum absolute atomic E-state index is 12.5. The van der Waals surface area contributed by atoms with Crippen molar-refractivity contribution in [1.82, 2.24) is 10.2 Å². The molecule has 1 fully saturated rings. The predicted molar refractivity (Wildman–Crippen MR) is 136 cm³/mol. The average Bonchev–Trinajstić information content (AvgIpc) is 2.79. The minimum Gasteiger partial charge on any atom is -0.494 e. The first kappa shape index (κ1) is 24.5. The van der Waals surface area contributed by atoms with Gasteiger partial charge in [-0.1, -0.05) is 26.8 Å². The third-order valence-corrected chi connectivity index (χ3v) is 5.54. The summed E-state index contributed by atoms with van der Waals surface area (Å²) in [6.45, 7) is 11.3. The van der Waals surface area contributed by atoms with E-state index in [1.807, 2.05) is 56.9 Å². The number of carbonyl (C=O) groups is 2. The van der Waals surface area contributed by atoms with Crippen molar-refractivity contribution < 1.29 is 14.3 Å². The number of anilines is 2. The van der Waals surface area contributed by atoms with Crippen LogP contribution in [0.1, 0.15) is 38.1 Å². The van der Waals surface area contributed by atoms with E-state index in [0.29, 0.717) is 17.9 Å². The molecule has 2 aromatic rings. The molecule has 2 aromatic carbocycles. The average molecular weight is 469 g/mol. The molecule has 0 atom stereocenters. The van der Waals surface area contributed by atoms with Crippen LogP contribution in [0.5, 0.6) is 5.75 Å². The fourth-order valence-corrected chi connectivity index (χ4v) is 3.84. The van der Waals surface area contributed by atoms with Crippen LogP contribution >= 0.6 is 12.2 Å². The Morgan fingerprint density at radius 1 is 1.03 bits per heavy atom. The minimum atomic E-state index is -0.352. The van der Waals surface area contributed by atoms with Gasteiger partial charge in [0.2, 0.25) is 5.91 Å². The van der Waals surface area contributed by atoms with Crippen molar-refractivity contribution in [2.24, 2.45) is 5.41 Å². The summed E-state index contributed by atoms with van der Waals surface area (Å²) in [7, 11) is 0. The zero-order valence-corrected chi connectivity index (χ0v) is 20.5. The van der Waals surface area contributed by atoms with Crippen LogP contribution in [0.3, 0.4) is 0 Å². The van der Waals surface area contributed by atoms with E-state index in [0.717, 1.165) is 37.6 Å². The third-order valence-electron chi connectivity index (χ3n) is 5.33. The van der Waals surface area contributed by atoms with Crippen LogP contribution in [-0.4, -0.2) is 54.6 Å². The molecule has 0 aromatic heterocycles. The number of piperazine rings is 1. The van der Waals surface area contributed by atoms with Crippen molar-refractivity contribution in [2.75, 3.05) is 43.0 Å². The Morgan fingerprint density at radius 2 is 1.70 bits per heavy atom. The van der Waals surface area contributed by atoms with Gasteiger partial charge in [0.05, 0.1) is 6.61 Å². The highest BCUT2D eigenvalue weighted by Crippen LogP contribution is 2.22. The van der Waals surface area contributed by atoms with E-state index in [-0.39, 0.29) is 22.3 Å². The smallest absolute Gasteiger partial charge is 0.257 e. The summed E-state index contributed by atoms with van der Waals surface area (Å²) in [5.41, 5.74) is 2.00. The second kappa shape index (κ2) is 10.7. The van der Waals surface area contributed by atoms with Crippen LogP contribution in [0.4, 0.5) is 11.4 Å². The summed E-state index contributed by atoms with van der Waals surface area (Å²) in [5, 5.41) is 5.97. The van der Waals surface area contributed by atoms with Gasteiger partial charge in [0.15, 0.2) is 5.11 Å². The second-order valence-electron chi connectivity index (χ2n) is 8.95. The molecule has 3 rings (SSSR count). The van der Waals surface area contributed by atoms with Gasteiger partial charge >= 0.3 is 0 Å². The highest BCUT2D eigenvalue weighted by Gasteiger charge is 2.29. The van der Waals surface area contributed by atoms with Gasteiger partial charge in [-0.2, -0.15) is 0 Å². The van der Waals surface area contributed by atoms with E-state index < -0.39 is 0 Å². The first-order valence-electron chi connectivity index (χ1n) is 11.2. The van der Waals surface area contributed by atoms with Crippen molar-refractivity contribution in [3.63, 3.8) is 0 Å². The molecular formula is C25H32N4O3S. The molecule has 2 N–H and O–H groups in total. The fourth-order valence-electron chi connectivity index (χ4n) is 3.63. The van der Waals surface area contributed by atoms with Crippen LogP contribution in [-0.2, 0) is 4.79 Å². The van der Waals surface area contributed by atoms with Gasteiger partial charge in [0, 0.05) is 48.5 Å². The van der Waals surface area contributed by atoms with Crippen LogP contribution < -0.4 is 20.3 Å². The number of hydrogen-bond donors (Lipinski definition) is 2. The van der Waals surface area contributed by atoms with E-state index in [4.69, 9.17) is 17.0 Å². The second-order valence-corrected chi connectivity index (χ2v) is 9.35. The zero-order valence-electron chi connectivity index (χ0n) is 19.7. The van der Waals surface area contributed by atoms with Crippen molar-refractivity contribution in [2.45, 2.75) is 27.7 Å². The molecule has 1 aliphatic rings. The van der Waals surface area contributed by atoms with Crippen molar-refractivity contribution >= 4 is 40.5 Å². The maximum atomic E-state index is 12.5. The van der Waals surface area contributed by atoms with Gasteiger partial charge in [-0.3, -0.25) is 14.9 Å². The molecule has 0 saturated carbocycles. The molecule has 0 aliphatic carbocycles. The van der Waals surface area contributed by atoms with Gasteiger partial charge < -0.3 is 19.9 Å². The summed E-state index contributed by atoms with van der Waals surface area (Å²) in [6.07, 6.45) is 0. The number of ether oxygens (including phenoxy) is 1. The van der Waals surface area contributed by atoms with Gasteiger partial charge in [-0.15, -0.1) is 0 Å². The van der Waals surface area contributed by atoms with E-state index >= 15 is 0 Å². The molecule has 1 heterocycles. The number of carbonyl (C=O) groups excluding carboxylic acids is 2. The Labute approximate surface area is 201 Å². The summed E-state index contributed by atoms with van der Waals surface area (Å²) < 4.78 is 5.44. The summed E-state index contributed by atoms with van der Waals surface area (Å²) in [5.74, 6) is 0.540. The Bertz CT molecular complexity index is 993. The largest absolute Gasteiger partial charge is 0.494 e. The normalized spacial score (nSPS) is 13.9. The summed E-state index contributed by atoms with van der Waals surface area (Å²) >= 11 is 5.30. The van der Waals surface area contributed by atoms with Crippen molar-refractivity contribution in [3.05, 3.63) is 54.1 Å². The Morgan fingerprint density at radius 3 is 2.30 bits per heavy atom.